The number of carbonyl (C=O) groups is 2. The van der Waals surface area contributed by atoms with E-state index in [2.05, 4.69) is 26.2 Å². The van der Waals surface area contributed by atoms with Crippen molar-refractivity contribution in [1.82, 2.24) is 20.2 Å². The van der Waals surface area contributed by atoms with E-state index in [1.165, 1.54) is 16.4 Å². The van der Waals surface area contributed by atoms with Gasteiger partial charge in [-0.25, -0.2) is 4.68 Å². The number of halogens is 1. The van der Waals surface area contributed by atoms with Gasteiger partial charge >= 0.3 is 0 Å². The Kier molecular flexibility index (Phi) is 7.41. The van der Waals surface area contributed by atoms with Crippen molar-refractivity contribution in [1.29, 1.82) is 0 Å². The number of thioether (sulfide) groups is 1. The molecular formula is C23H19ClN6O3S. The summed E-state index contributed by atoms with van der Waals surface area (Å²) in [5.41, 5.74) is 1.41. The third-order valence-corrected chi connectivity index (χ3v) is 5.75. The van der Waals surface area contributed by atoms with Crippen molar-refractivity contribution >= 4 is 46.6 Å². The molecule has 3 aromatic carbocycles. The van der Waals surface area contributed by atoms with Crippen LogP contribution >= 0.6 is 23.4 Å². The number of tetrazole rings is 1. The first-order valence-electron chi connectivity index (χ1n) is 10.1. The third kappa shape index (κ3) is 6.12. The quantitative estimate of drug-likeness (QED) is 0.343. The molecule has 0 saturated heterocycles. The van der Waals surface area contributed by atoms with E-state index in [9.17, 15) is 9.59 Å². The summed E-state index contributed by atoms with van der Waals surface area (Å²) < 4.78 is 7.37. The summed E-state index contributed by atoms with van der Waals surface area (Å²) in [6.07, 6.45) is 0. The topological polar surface area (TPSA) is 111 Å². The molecule has 0 aliphatic heterocycles. The van der Waals surface area contributed by atoms with Gasteiger partial charge in [-0.15, -0.1) is 5.10 Å². The summed E-state index contributed by atoms with van der Waals surface area (Å²) in [6.45, 7) is 0. The lowest BCUT2D eigenvalue weighted by molar-refractivity contribution is -0.113. The zero-order valence-corrected chi connectivity index (χ0v) is 19.5. The van der Waals surface area contributed by atoms with E-state index in [4.69, 9.17) is 16.3 Å². The Labute approximate surface area is 204 Å². The van der Waals surface area contributed by atoms with Gasteiger partial charge in [-0.1, -0.05) is 41.6 Å². The molecule has 0 aliphatic rings. The van der Waals surface area contributed by atoms with Crippen LogP contribution in [-0.2, 0) is 11.8 Å². The van der Waals surface area contributed by atoms with Crippen LogP contribution in [0.15, 0.2) is 78.0 Å². The number of para-hydroxylation sites is 1. The largest absolute Gasteiger partial charge is 0.455 e. The molecule has 34 heavy (non-hydrogen) atoms. The minimum Gasteiger partial charge on any atom is -0.455 e. The maximum absolute atomic E-state index is 12.8. The zero-order valence-electron chi connectivity index (χ0n) is 17.9. The summed E-state index contributed by atoms with van der Waals surface area (Å²) >= 11 is 7.35. The second-order valence-corrected chi connectivity index (χ2v) is 8.39. The van der Waals surface area contributed by atoms with Gasteiger partial charge < -0.3 is 15.4 Å². The van der Waals surface area contributed by atoms with Crippen LogP contribution in [0.4, 0.5) is 11.4 Å². The summed E-state index contributed by atoms with van der Waals surface area (Å²) in [5.74, 6) is 0.683. The summed E-state index contributed by atoms with van der Waals surface area (Å²) in [6, 6.07) is 20.8. The molecule has 0 atom stereocenters. The molecule has 0 aliphatic carbocycles. The Morgan fingerprint density at radius 2 is 1.79 bits per heavy atom. The predicted octanol–water partition coefficient (Wildman–Crippen LogP) is 4.64. The molecule has 0 bridgehead atoms. The molecule has 4 rings (SSSR count). The van der Waals surface area contributed by atoms with Crippen LogP contribution in [0, 0.1) is 0 Å². The fourth-order valence-corrected chi connectivity index (χ4v) is 3.70. The molecule has 2 N–H and O–H groups in total. The lowest BCUT2D eigenvalue weighted by Crippen LogP contribution is -2.15. The van der Waals surface area contributed by atoms with Gasteiger partial charge in [0.05, 0.1) is 11.4 Å². The maximum Gasteiger partial charge on any atom is 0.255 e. The molecule has 4 aromatic rings. The Bertz CT molecular complexity index is 1300. The van der Waals surface area contributed by atoms with Gasteiger partial charge in [0.25, 0.3) is 5.91 Å². The van der Waals surface area contributed by atoms with E-state index in [-0.39, 0.29) is 17.6 Å². The van der Waals surface area contributed by atoms with Crippen molar-refractivity contribution in [2.45, 2.75) is 5.16 Å². The number of benzene rings is 3. The average Bonchev–Trinajstić information content (AvgIpc) is 3.25. The molecule has 0 fully saturated rings. The number of nitrogens with one attached hydrogen (secondary N) is 2. The van der Waals surface area contributed by atoms with Crippen LogP contribution < -0.4 is 15.4 Å². The average molecular weight is 495 g/mol. The number of anilines is 2. The predicted molar refractivity (Wildman–Crippen MR) is 131 cm³/mol. The molecule has 1 aromatic heterocycles. The number of carbonyl (C=O) groups excluding carboxylic acids is 2. The molecule has 0 saturated carbocycles. The van der Waals surface area contributed by atoms with Crippen molar-refractivity contribution in [2.75, 3.05) is 16.4 Å². The van der Waals surface area contributed by atoms with E-state index in [1.54, 1.807) is 49.5 Å². The van der Waals surface area contributed by atoms with Crippen LogP contribution in [0.2, 0.25) is 5.02 Å². The van der Waals surface area contributed by atoms with Crippen LogP contribution in [-0.4, -0.2) is 37.8 Å². The minimum absolute atomic E-state index is 0.148. The van der Waals surface area contributed by atoms with Gasteiger partial charge in [-0.3, -0.25) is 9.59 Å². The van der Waals surface area contributed by atoms with Crippen molar-refractivity contribution in [3.05, 3.63) is 83.4 Å². The fourth-order valence-electron chi connectivity index (χ4n) is 2.87. The SMILES string of the molecule is Cn1nnnc1SCC(=O)Nc1ccc(C(=O)Nc2cc(Cl)ccc2Oc2ccccc2)cc1. The molecule has 11 heteroatoms. The van der Waals surface area contributed by atoms with Gasteiger partial charge in [0, 0.05) is 23.3 Å². The molecule has 2 amide bonds. The Balaban J connectivity index is 1.38. The molecule has 9 nitrogen and oxygen atoms in total. The first-order chi connectivity index (χ1) is 16.5. The first-order valence-corrected chi connectivity index (χ1v) is 11.4. The number of hydrogen-bond donors (Lipinski definition) is 2. The Morgan fingerprint density at radius 3 is 2.50 bits per heavy atom. The van der Waals surface area contributed by atoms with E-state index in [0.717, 1.165) is 0 Å². The number of amides is 2. The van der Waals surface area contributed by atoms with Crippen LogP contribution in [0.5, 0.6) is 11.5 Å². The Morgan fingerprint density at radius 1 is 1.03 bits per heavy atom. The normalized spacial score (nSPS) is 10.5. The van der Waals surface area contributed by atoms with Gasteiger partial charge in [0.2, 0.25) is 11.1 Å². The molecule has 0 unspecified atom stereocenters. The second-order valence-electron chi connectivity index (χ2n) is 7.01. The van der Waals surface area contributed by atoms with E-state index in [1.807, 2.05) is 30.3 Å². The van der Waals surface area contributed by atoms with Gasteiger partial charge in [0.15, 0.2) is 5.75 Å². The van der Waals surface area contributed by atoms with Crippen molar-refractivity contribution in [3.63, 3.8) is 0 Å². The molecular weight excluding hydrogens is 476 g/mol. The minimum atomic E-state index is -0.344. The second kappa shape index (κ2) is 10.8. The molecule has 172 valence electrons. The monoisotopic (exact) mass is 494 g/mol. The summed E-state index contributed by atoms with van der Waals surface area (Å²) in [5, 5.41) is 17.7. The molecule has 0 radical (unpaired) electrons. The van der Waals surface area contributed by atoms with Crippen LogP contribution in [0.3, 0.4) is 0 Å². The maximum atomic E-state index is 12.8. The van der Waals surface area contributed by atoms with E-state index in [0.29, 0.717) is 38.6 Å². The smallest absolute Gasteiger partial charge is 0.255 e. The van der Waals surface area contributed by atoms with Gasteiger partial charge in [-0.05, 0) is 65.0 Å². The van der Waals surface area contributed by atoms with E-state index >= 15 is 0 Å². The first kappa shape index (κ1) is 23.3. The van der Waals surface area contributed by atoms with Gasteiger partial charge in [-0.2, -0.15) is 0 Å². The third-order valence-electron chi connectivity index (χ3n) is 4.51. The number of ether oxygens (including phenoxy) is 1. The van der Waals surface area contributed by atoms with E-state index < -0.39 is 0 Å². The van der Waals surface area contributed by atoms with Crippen molar-refractivity contribution in [2.24, 2.45) is 7.05 Å². The highest BCUT2D eigenvalue weighted by Gasteiger charge is 2.13. The zero-order chi connectivity index (χ0) is 23.9. The van der Waals surface area contributed by atoms with Crippen molar-refractivity contribution in [3.8, 4) is 11.5 Å². The number of hydrogen-bond acceptors (Lipinski definition) is 7. The molecule has 1 heterocycles. The van der Waals surface area contributed by atoms with Crippen molar-refractivity contribution < 1.29 is 14.3 Å². The fraction of sp³-hybridized carbons (Fsp3) is 0.0870. The number of aryl methyl sites for hydroxylation is 1. The molecule has 0 spiro atoms. The number of rotatable bonds is 8. The standard InChI is InChI=1S/C23H19ClN6O3S/c1-30-23(27-28-29-30)34-14-21(31)25-17-10-7-15(8-11-17)22(32)26-19-13-16(24)9-12-20(19)33-18-5-3-2-4-6-18/h2-13H,14H2,1H3,(H,25,31)(H,26,32). The van der Waals surface area contributed by atoms with Gasteiger partial charge in [0.1, 0.15) is 5.75 Å². The number of nitrogens with zero attached hydrogens (tertiary/aromatic N) is 4. The highest BCUT2D eigenvalue weighted by Crippen LogP contribution is 2.32. The highest BCUT2D eigenvalue weighted by molar-refractivity contribution is 7.99. The van der Waals surface area contributed by atoms with Crippen LogP contribution in [0.25, 0.3) is 0 Å². The summed E-state index contributed by atoms with van der Waals surface area (Å²) in [7, 11) is 1.70. The highest BCUT2D eigenvalue weighted by atomic mass is 35.5. The van der Waals surface area contributed by atoms with Crippen LogP contribution in [0.1, 0.15) is 10.4 Å². The lowest BCUT2D eigenvalue weighted by Gasteiger charge is -2.13. The summed E-state index contributed by atoms with van der Waals surface area (Å²) in [4.78, 5) is 25.0. The Hall–Kier alpha value is -3.89. The number of aromatic nitrogens is 4. The lowest BCUT2D eigenvalue weighted by atomic mass is 10.2.